The van der Waals surface area contributed by atoms with Crippen LogP contribution in [0, 0.1) is 0 Å². The van der Waals surface area contributed by atoms with Gasteiger partial charge in [-0.3, -0.25) is 0 Å². The van der Waals surface area contributed by atoms with Gasteiger partial charge in [0, 0.05) is 0 Å². The molecule has 0 rings (SSSR count). The molecule has 0 aromatic heterocycles. The van der Waals surface area contributed by atoms with Crippen LogP contribution in [0.2, 0.25) is 0 Å². The van der Waals surface area contributed by atoms with E-state index in [0.29, 0.717) is 0 Å². The predicted molar refractivity (Wildman–Crippen MR) is 12.5 cm³/mol. The van der Waals surface area contributed by atoms with Crippen molar-refractivity contribution in [1.29, 1.82) is 0 Å². The fourth-order valence-corrected chi connectivity index (χ4v) is 0. The summed E-state index contributed by atoms with van der Waals surface area (Å²) >= 11 is 0. The topological polar surface area (TPSA) is 0 Å². The van der Waals surface area contributed by atoms with Gasteiger partial charge in [0.15, 0.2) is 0 Å². The number of hydrogen-bond acceptors (Lipinski definition) is 0. The summed E-state index contributed by atoms with van der Waals surface area (Å²) in [6, 6.07) is 0. The minimum atomic E-state index is 0. The molecule has 0 saturated heterocycles. The first-order valence-corrected chi connectivity index (χ1v) is 0. The Morgan fingerprint density at radius 3 is 0.750 bits per heavy atom. The van der Waals surface area contributed by atoms with Crippen molar-refractivity contribution in [2.24, 2.45) is 0 Å². The van der Waals surface area contributed by atoms with Crippen LogP contribution in [0.3, 0.4) is 0 Å². The average molecular weight is 173 g/mol. The van der Waals surface area contributed by atoms with E-state index in [1.165, 1.54) is 0 Å². The molecule has 0 amide bonds. The second-order valence-corrected chi connectivity index (χ2v) is 0. The standard InChI is InChI=1S/CH4.2FH.Sn/h1H4;2*1H;/q;;;+2/p-2. The Morgan fingerprint density at radius 2 is 0.750 bits per heavy atom. The van der Waals surface area contributed by atoms with Crippen LogP contribution in [-0.2, 0) is 0 Å². The quantitative estimate of drug-likeness (QED) is 0.320. The van der Waals surface area contributed by atoms with Crippen LogP contribution in [0.15, 0.2) is 0 Å². The molecule has 0 aliphatic heterocycles. The van der Waals surface area contributed by atoms with Crippen molar-refractivity contribution in [3.63, 3.8) is 0 Å². The summed E-state index contributed by atoms with van der Waals surface area (Å²) in [5, 5.41) is 0. The Labute approximate surface area is 41.3 Å². The molecule has 26 valence electrons. The molecular weight excluding hydrogens is 169 g/mol. The van der Waals surface area contributed by atoms with Crippen molar-refractivity contribution in [1.82, 2.24) is 0 Å². The van der Waals surface area contributed by atoms with Crippen LogP contribution in [0.5, 0.6) is 0 Å². The average Bonchev–Trinajstić information content (AvgIpc) is 0. The van der Waals surface area contributed by atoms with Crippen molar-refractivity contribution in [2.45, 2.75) is 7.43 Å². The van der Waals surface area contributed by atoms with Gasteiger partial charge in [0.2, 0.25) is 0 Å². The van der Waals surface area contributed by atoms with Crippen molar-refractivity contribution in [2.75, 3.05) is 0 Å². The second-order valence-electron chi connectivity index (χ2n) is 0. The van der Waals surface area contributed by atoms with Gasteiger partial charge in [0.25, 0.3) is 0 Å². The van der Waals surface area contributed by atoms with Gasteiger partial charge in [0.1, 0.15) is 0 Å². The van der Waals surface area contributed by atoms with E-state index >= 15 is 0 Å². The maximum absolute atomic E-state index is 0. The number of rotatable bonds is 0. The summed E-state index contributed by atoms with van der Waals surface area (Å²) in [6.45, 7) is 0. The summed E-state index contributed by atoms with van der Waals surface area (Å²) in [5.41, 5.74) is 0. The molecule has 2 radical (unpaired) electrons. The zero-order valence-electron chi connectivity index (χ0n) is 1.26. The normalized spacial score (nSPS) is 0. The van der Waals surface area contributed by atoms with E-state index in [2.05, 4.69) is 0 Å². The first-order valence-electron chi connectivity index (χ1n) is 0. The Bertz CT molecular complexity index is 6.00. The molecule has 0 aromatic carbocycles. The number of hydrogen-bond donors (Lipinski definition) is 0. The van der Waals surface area contributed by atoms with Gasteiger partial charge in [-0.2, -0.15) is 0 Å². The van der Waals surface area contributed by atoms with E-state index in [1.807, 2.05) is 0 Å². The van der Waals surface area contributed by atoms with E-state index in [1.54, 1.807) is 0 Å². The van der Waals surface area contributed by atoms with Crippen LogP contribution < -0.4 is 9.41 Å². The van der Waals surface area contributed by atoms with Crippen LogP contribution in [0.1, 0.15) is 7.43 Å². The van der Waals surface area contributed by atoms with Gasteiger partial charge < -0.3 is 9.41 Å². The van der Waals surface area contributed by atoms with Crippen LogP contribution in [-0.4, -0.2) is 23.9 Å². The van der Waals surface area contributed by atoms with Crippen molar-refractivity contribution in [3.05, 3.63) is 0 Å². The van der Waals surface area contributed by atoms with Gasteiger partial charge in [0.05, 0.1) is 0 Å². The Hall–Kier alpha value is 0.659. The monoisotopic (exact) mass is 174 g/mol. The van der Waals surface area contributed by atoms with Gasteiger partial charge in [-0.15, -0.1) is 0 Å². The molecule has 0 atom stereocenters. The molecule has 3 heteroatoms. The smallest absolute Gasteiger partial charge is 1.00 e. The van der Waals surface area contributed by atoms with Gasteiger partial charge in [-0.05, 0) is 0 Å². The molecule has 0 unspecified atom stereocenters. The minimum absolute atomic E-state index is 0. The Morgan fingerprint density at radius 1 is 0.750 bits per heavy atom. The van der Waals surface area contributed by atoms with E-state index in [4.69, 9.17) is 0 Å². The zero-order valence-corrected chi connectivity index (χ0v) is 4.11. The second kappa shape index (κ2) is 59.6. The van der Waals surface area contributed by atoms with Crippen LogP contribution in [0.25, 0.3) is 0 Å². The van der Waals surface area contributed by atoms with E-state index < -0.39 is 0 Å². The molecule has 0 saturated carbocycles. The Balaban J connectivity index is 0. The molecular formula is CH4F2Sn. The number of halogens is 2. The first-order chi connectivity index (χ1) is 0. The molecule has 0 spiro atoms. The molecule has 0 nitrogen and oxygen atoms in total. The van der Waals surface area contributed by atoms with E-state index in [0.717, 1.165) is 0 Å². The molecule has 0 fully saturated rings. The van der Waals surface area contributed by atoms with Crippen LogP contribution in [0.4, 0.5) is 0 Å². The fourth-order valence-electron chi connectivity index (χ4n) is 0. The molecule has 0 N–H and O–H groups in total. The van der Waals surface area contributed by atoms with Gasteiger partial charge in [-0.25, -0.2) is 0 Å². The molecule has 0 aliphatic rings. The molecule has 0 aliphatic carbocycles. The molecule has 4 heavy (non-hydrogen) atoms. The van der Waals surface area contributed by atoms with Crippen molar-refractivity contribution >= 4 is 23.9 Å². The maximum atomic E-state index is 0. The fraction of sp³-hybridized carbons (Fsp3) is 1.00. The molecule has 0 bridgehead atoms. The third kappa shape index (κ3) is 16.9. The van der Waals surface area contributed by atoms with Gasteiger partial charge >= 0.3 is 23.9 Å². The summed E-state index contributed by atoms with van der Waals surface area (Å²) < 4.78 is 0. The van der Waals surface area contributed by atoms with E-state index in [-0.39, 0.29) is 40.7 Å². The van der Waals surface area contributed by atoms with Crippen molar-refractivity contribution in [3.8, 4) is 0 Å². The largest absolute Gasteiger partial charge is 2.00 e. The third-order valence-electron chi connectivity index (χ3n) is 0. The SMILES string of the molecule is C.[F-].[F-].[Sn+2]. The minimum Gasteiger partial charge on any atom is -1.00 e. The molecule has 0 aromatic rings. The summed E-state index contributed by atoms with van der Waals surface area (Å²) in [4.78, 5) is 0. The third-order valence-corrected chi connectivity index (χ3v) is 0. The maximum Gasteiger partial charge on any atom is 2.00 e. The van der Waals surface area contributed by atoms with Crippen LogP contribution >= 0.6 is 0 Å². The Kier molecular flexibility index (Phi) is 2140. The van der Waals surface area contributed by atoms with E-state index in [9.17, 15) is 0 Å². The summed E-state index contributed by atoms with van der Waals surface area (Å²) in [5.74, 6) is 0. The van der Waals surface area contributed by atoms with Crippen molar-refractivity contribution < 1.29 is 9.41 Å². The first kappa shape index (κ1) is 144. The zero-order chi connectivity index (χ0) is 0. The summed E-state index contributed by atoms with van der Waals surface area (Å²) in [6.07, 6.45) is 0. The summed E-state index contributed by atoms with van der Waals surface area (Å²) in [7, 11) is 0. The van der Waals surface area contributed by atoms with Gasteiger partial charge in [-0.1, -0.05) is 7.43 Å². The molecule has 0 heterocycles. The predicted octanol–water partition coefficient (Wildman–Crippen LogP) is -5.74.